The lowest BCUT2D eigenvalue weighted by Crippen LogP contribution is -2.27. The molecule has 0 saturated heterocycles. The number of methoxy groups -OCH3 is 1. The van der Waals surface area contributed by atoms with Gasteiger partial charge < -0.3 is 10.1 Å². The molecule has 4 nitrogen and oxygen atoms in total. The first-order valence-corrected chi connectivity index (χ1v) is 10.1. The number of anilines is 1. The molecule has 1 aliphatic carbocycles. The third kappa shape index (κ3) is 3.73. The zero-order valence-electron chi connectivity index (χ0n) is 17.5. The maximum Gasteiger partial charge on any atom is 0.235 e. The van der Waals surface area contributed by atoms with Gasteiger partial charge in [0, 0.05) is 12.7 Å². The van der Waals surface area contributed by atoms with Crippen molar-refractivity contribution in [2.75, 3.05) is 12.4 Å². The van der Waals surface area contributed by atoms with Gasteiger partial charge in [0.05, 0.1) is 12.5 Å². The monoisotopic (exact) mass is 401 g/mol. The molecule has 4 heteroatoms. The van der Waals surface area contributed by atoms with Crippen LogP contribution in [0.2, 0.25) is 0 Å². The minimum Gasteiger partial charge on any atom is -0.497 e. The SMILES string of the molecule is COc1ccc(C2(C(=O)Nc3ccc(C)c(-c4ccc(C(C)=O)cc4)c3)CC2)cc1.[HH]. The van der Waals surface area contributed by atoms with E-state index in [1.807, 2.05) is 73.7 Å². The largest absolute Gasteiger partial charge is 0.497 e. The summed E-state index contributed by atoms with van der Waals surface area (Å²) in [4.78, 5) is 24.7. The Balaban J connectivity index is 0.00000272. The van der Waals surface area contributed by atoms with Crippen LogP contribution in [0.3, 0.4) is 0 Å². The van der Waals surface area contributed by atoms with Crippen molar-refractivity contribution in [3.8, 4) is 16.9 Å². The van der Waals surface area contributed by atoms with Crippen molar-refractivity contribution in [3.05, 3.63) is 83.4 Å². The highest BCUT2D eigenvalue weighted by Crippen LogP contribution is 2.49. The Hall–Kier alpha value is -3.40. The van der Waals surface area contributed by atoms with Gasteiger partial charge in [-0.15, -0.1) is 0 Å². The summed E-state index contributed by atoms with van der Waals surface area (Å²) in [6.07, 6.45) is 1.69. The van der Waals surface area contributed by atoms with Crippen LogP contribution in [0.25, 0.3) is 11.1 Å². The molecule has 1 amide bonds. The number of carbonyl (C=O) groups excluding carboxylic acids is 2. The summed E-state index contributed by atoms with van der Waals surface area (Å²) >= 11 is 0. The summed E-state index contributed by atoms with van der Waals surface area (Å²) in [5, 5.41) is 3.11. The Morgan fingerprint density at radius 2 is 1.63 bits per heavy atom. The molecular formula is C26H27NO3. The van der Waals surface area contributed by atoms with E-state index in [1.165, 1.54) is 0 Å². The first kappa shape index (κ1) is 19.9. The number of benzene rings is 3. The predicted molar refractivity (Wildman–Crippen MR) is 121 cm³/mol. The molecule has 30 heavy (non-hydrogen) atoms. The van der Waals surface area contributed by atoms with E-state index in [0.29, 0.717) is 5.56 Å². The predicted octanol–water partition coefficient (Wildman–Crippen LogP) is 5.79. The van der Waals surface area contributed by atoms with Crippen molar-refractivity contribution in [2.45, 2.75) is 32.1 Å². The van der Waals surface area contributed by atoms with E-state index in [1.54, 1.807) is 14.0 Å². The van der Waals surface area contributed by atoms with Gasteiger partial charge in [0.15, 0.2) is 5.78 Å². The molecule has 0 bridgehead atoms. The van der Waals surface area contributed by atoms with Gasteiger partial charge >= 0.3 is 0 Å². The molecule has 0 aliphatic heterocycles. The van der Waals surface area contributed by atoms with Crippen molar-refractivity contribution in [2.24, 2.45) is 0 Å². The van der Waals surface area contributed by atoms with Gasteiger partial charge in [-0.3, -0.25) is 9.59 Å². The molecule has 0 atom stereocenters. The Morgan fingerprint density at radius 3 is 2.20 bits per heavy atom. The van der Waals surface area contributed by atoms with E-state index in [9.17, 15) is 9.59 Å². The molecule has 0 heterocycles. The Morgan fingerprint density at radius 1 is 0.967 bits per heavy atom. The van der Waals surface area contributed by atoms with E-state index < -0.39 is 5.41 Å². The molecule has 0 unspecified atom stereocenters. The Bertz CT molecular complexity index is 1100. The molecule has 0 radical (unpaired) electrons. The highest BCUT2D eigenvalue weighted by Gasteiger charge is 2.51. The maximum absolute atomic E-state index is 13.1. The number of ether oxygens (including phenoxy) is 1. The number of Topliss-reactive ketones (excluding diaryl/α,β-unsaturated/α-hetero) is 1. The summed E-state index contributed by atoms with van der Waals surface area (Å²) in [5.74, 6) is 0.857. The summed E-state index contributed by atoms with van der Waals surface area (Å²) in [7, 11) is 1.64. The third-order valence-corrected chi connectivity index (χ3v) is 5.93. The standard InChI is InChI=1S/C26H25NO3.H2/c1-17-4-11-22(16-24(17)20-7-5-19(6-8-20)18(2)28)27-25(29)26(14-15-26)21-9-12-23(30-3)13-10-21;/h4-13,16H,14-15H2,1-3H3,(H,27,29);1H. The lowest BCUT2D eigenvalue weighted by atomic mass is 9.94. The van der Waals surface area contributed by atoms with Crippen LogP contribution in [0, 0.1) is 6.92 Å². The molecule has 1 saturated carbocycles. The van der Waals surface area contributed by atoms with Gasteiger partial charge in [-0.1, -0.05) is 42.5 Å². The molecule has 1 N–H and O–H groups in total. The first-order valence-electron chi connectivity index (χ1n) is 10.1. The van der Waals surface area contributed by atoms with Crippen LogP contribution in [0.5, 0.6) is 5.75 Å². The first-order chi connectivity index (χ1) is 14.4. The third-order valence-electron chi connectivity index (χ3n) is 5.93. The topological polar surface area (TPSA) is 55.4 Å². The van der Waals surface area contributed by atoms with E-state index in [4.69, 9.17) is 4.74 Å². The van der Waals surface area contributed by atoms with Gasteiger partial charge in [-0.25, -0.2) is 0 Å². The quantitative estimate of drug-likeness (QED) is 0.532. The highest BCUT2D eigenvalue weighted by molar-refractivity contribution is 6.02. The number of hydrogen-bond acceptors (Lipinski definition) is 3. The van der Waals surface area contributed by atoms with Crippen LogP contribution >= 0.6 is 0 Å². The smallest absolute Gasteiger partial charge is 0.235 e. The van der Waals surface area contributed by atoms with Crippen LogP contribution in [0.1, 0.15) is 42.7 Å². The lowest BCUT2D eigenvalue weighted by Gasteiger charge is -2.17. The van der Waals surface area contributed by atoms with Gasteiger partial charge in [0.25, 0.3) is 0 Å². The number of ketones is 1. The fourth-order valence-electron chi connectivity index (χ4n) is 3.83. The normalized spacial score (nSPS) is 14.1. The second kappa shape index (κ2) is 7.79. The van der Waals surface area contributed by atoms with Crippen molar-refractivity contribution in [1.82, 2.24) is 0 Å². The minimum atomic E-state index is -0.458. The van der Waals surface area contributed by atoms with E-state index in [2.05, 4.69) is 5.32 Å². The zero-order chi connectivity index (χ0) is 21.3. The van der Waals surface area contributed by atoms with Crippen LogP contribution < -0.4 is 10.1 Å². The van der Waals surface area contributed by atoms with Gasteiger partial charge in [0.1, 0.15) is 5.75 Å². The van der Waals surface area contributed by atoms with Crippen LogP contribution in [-0.4, -0.2) is 18.8 Å². The summed E-state index contributed by atoms with van der Waals surface area (Å²) in [6, 6.07) is 21.3. The van der Waals surface area contributed by atoms with Crippen LogP contribution in [-0.2, 0) is 10.2 Å². The molecule has 1 fully saturated rings. The summed E-state index contributed by atoms with van der Waals surface area (Å²) in [5.41, 5.74) is 5.20. The molecule has 4 rings (SSSR count). The van der Waals surface area contributed by atoms with Crippen LogP contribution in [0.4, 0.5) is 5.69 Å². The molecular weight excluding hydrogens is 374 g/mol. The number of hydrogen-bond donors (Lipinski definition) is 1. The van der Waals surface area contributed by atoms with E-state index in [0.717, 1.165) is 46.5 Å². The van der Waals surface area contributed by atoms with E-state index in [-0.39, 0.29) is 13.1 Å². The summed E-state index contributed by atoms with van der Waals surface area (Å²) < 4.78 is 5.23. The molecule has 1 aliphatic rings. The van der Waals surface area contributed by atoms with Crippen molar-refractivity contribution in [1.29, 1.82) is 0 Å². The Labute approximate surface area is 178 Å². The fraction of sp³-hybridized carbons (Fsp3) is 0.231. The number of amides is 1. The van der Waals surface area contributed by atoms with Crippen molar-refractivity contribution < 1.29 is 15.8 Å². The van der Waals surface area contributed by atoms with E-state index >= 15 is 0 Å². The molecule has 3 aromatic carbocycles. The lowest BCUT2D eigenvalue weighted by molar-refractivity contribution is -0.118. The molecule has 0 spiro atoms. The average molecular weight is 402 g/mol. The number of rotatable bonds is 6. The molecule has 0 aromatic heterocycles. The number of carbonyl (C=O) groups is 2. The van der Waals surface area contributed by atoms with Crippen molar-refractivity contribution in [3.63, 3.8) is 0 Å². The maximum atomic E-state index is 13.1. The minimum absolute atomic E-state index is 0. The zero-order valence-corrected chi connectivity index (χ0v) is 17.5. The second-order valence-electron chi connectivity index (χ2n) is 7.93. The van der Waals surface area contributed by atoms with Crippen molar-refractivity contribution >= 4 is 17.4 Å². The van der Waals surface area contributed by atoms with Gasteiger partial charge in [0.2, 0.25) is 5.91 Å². The summed E-state index contributed by atoms with van der Waals surface area (Å²) in [6.45, 7) is 3.60. The average Bonchev–Trinajstić information content (AvgIpc) is 3.57. The highest BCUT2D eigenvalue weighted by atomic mass is 16.5. The fourth-order valence-corrected chi connectivity index (χ4v) is 3.83. The number of aryl methyl sites for hydroxylation is 1. The molecule has 3 aromatic rings. The number of nitrogens with one attached hydrogen (secondary N) is 1. The molecule has 154 valence electrons. The van der Waals surface area contributed by atoms with Gasteiger partial charge in [-0.2, -0.15) is 0 Å². The van der Waals surface area contributed by atoms with Crippen LogP contribution in [0.15, 0.2) is 66.7 Å². The van der Waals surface area contributed by atoms with Gasteiger partial charge in [-0.05, 0) is 73.2 Å². The second-order valence-corrected chi connectivity index (χ2v) is 7.93. The Kier molecular flexibility index (Phi) is 5.17.